The summed E-state index contributed by atoms with van der Waals surface area (Å²) in [5.74, 6) is 0.146. The molecular formula is C24H22N4O5S. The number of aryl methyl sites for hydroxylation is 1. The van der Waals surface area contributed by atoms with Gasteiger partial charge in [-0.15, -0.1) is 11.3 Å². The Kier molecular flexibility index (Phi) is 5.89. The number of thiazole rings is 1. The third-order valence-corrected chi connectivity index (χ3v) is 6.65. The number of amides is 3. The Labute approximate surface area is 199 Å². The smallest absolute Gasteiger partial charge is 0.257 e. The Hall–Kier alpha value is -3.92. The van der Waals surface area contributed by atoms with Gasteiger partial charge in [-0.3, -0.25) is 19.7 Å². The summed E-state index contributed by atoms with van der Waals surface area (Å²) in [4.78, 5) is 42.5. The summed E-state index contributed by atoms with van der Waals surface area (Å²) < 4.78 is 10.6. The number of carbonyl (C=O) groups is 3. The SMILES string of the molecule is CC(=O)Nc1ccc(NC(=O)C2CCCc3sc(NC(=O)c4ccc5c(c4)OCO5)nc32)cc1. The first-order valence-electron chi connectivity index (χ1n) is 10.9. The number of anilines is 3. The highest BCUT2D eigenvalue weighted by atomic mass is 32.1. The number of carbonyl (C=O) groups excluding carboxylic acids is 3. The van der Waals surface area contributed by atoms with Gasteiger partial charge in [-0.1, -0.05) is 0 Å². The second kappa shape index (κ2) is 9.14. The highest BCUT2D eigenvalue weighted by Crippen LogP contribution is 2.38. The molecular weight excluding hydrogens is 456 g/mol. The lowest BCUT2D eigenvalue weighted by Gasteiger charge is -2.20. The normalized spacial score (nSPS) is 15.9. The molecule has 0 radical (unpaired) electrons. The molecule has 34 heavy (non-hydrogen) atoms. The largest absolute Gasteiger partial charge is 0.454 e. The van der Waals surface area contributed by atoms with Crippen molar-refractivity contribution in [2.75, 3.05) is 22.7 Å². The van der Waals surface area contributed by atoms with Gasteiger partial charge in [0.25, 0.3) is 5.91 Å². The second-order valence-electron chi connectivity index (χ2n) is 8.04. The third-order valence-electron chi connectivity index (χ3n) is 5.60. The van der Waals surface area contributed by atoms with Crippen LogP contribution in [0.25, 0.3) is 0 Å². The van der Waals surface area contributed by atoms with E-state index in [-0.39, 0.29) is 24.5 Å². The number of benzene rings is 2. The molecule has 5 rings (SSSR count). The summed E-state index contributed by atoms with van der Waals surface area (Å²) >= 11 is 1.40. The standard InChI is InChI=1S/C24H22N4O5S/c1-13(29)25-15-6-8-16(9-7-15)26-23(31)17-3-2-4-20-21(17)27-24(34-20)28-22(30)14-5-10-18-19(11-14)33-12-32-18/h5-11,17H,2-4,12H2,1H3,(H,25,29)(H,26,31)(H,27,28,30). The topological polar surface area (TPSA) is 119 Å². The summed E-state index contributed by atoms with van der Waals surface area (Å²) in [5, 5.41) is 8.94. The van der Waals surface area contributed by atoms with Crippen molar-refractivity contribution in [3.63, 3.8) is 0 Å². The zero-order chi connectivity index (χ0) is 23.7. The van der Waals surface area contributed by atoms with Crippen LogP contribution in [0, 0.1) is 0 Å². The maximum absolute atomic E-state index is 13.0. The number of ether oxygens (including phenoxy) is 2. The first-order valence-corrected chi connectivity index (χ1v) is 11.7. The number of nitrogens with zero attached hydrogens (tertiary/aromatic N) is 1. The predicted molar refractivity (Wildman–Crippen MR) is 128 cm³/mol. The minimum Gasteiger partial charge on any atom is -0.454 e. The molecule has 0 spiro atoms. The molecule has 3 amide bonds. The van der Waals surface area contributed by atoms with E-state index in [1.807, 2.05) is 0 Å². The van der Waals surface area contributed by atoms with E-state index >= 15 is 0 Å². The summed E-state index contributed by atoms with van der Waals surface area (Å²) in [6.07, 6.45) is 2.37. The van der Waals surface area contributed by atoms with Crippen LogP contribution in [0.2, 0.25) is 0 Å². The molecule has 1 atom stereocenters. The van der Waals surface area contributed by atoms with Gasteiger partial charge in [-0.2, -0.15) is 0 Å². The van der Waals surface area contributed by atoms with Crippen molar-refractivity contribution in [3.8, 4) is 11.5 Å². The Morgan fingerprint density at radius 2 is 1.71 bits per heavy atom. The number of rotatable bonds is 5. The van der Waals surface area contributed by atoms with E-state index < -0.39 is 5.92 Å². The third kappa shape index (κ3) is 4.58. The van der Waals surface area contributed by atoms with Crippen LogP contribution in [0.3, 0.4) is 0 Å². The number of aromatic nitrogens is 1. The Balaban J connectivity index is 1.27. The van der Waals surface area contributed by atoms with Crippen molar-refractivity contribution in [1.82, 2.24) is 4.98 Å². The number of fused-ring (bicyclic) bond motifs is 2. The minimum absolute atomic E-state index is 0.141. The summed E-state index contributed by atoms with van der Waals surface area (Å²) in [7, 11) is 0. The molecule has 2 heterocycles. The fourth-order valence-electron chi connectivity index (χ4n) is 4.00. The van der Waals surface area contributed by atoms with Crippen molar-refractivity contribution in [3.05, 3.63) is 58.6 Å². The molecule has 174 valence electrons. The lowest BCUT2D eigenvalue weighted by molar-refractivity contribution is -0.118. The molecule has 9 nitrogen and oxygen atoms in total. The second-order valence-corrected chi connectivity index (χ2v) is 9.13. The predicted octanol–water partition coefficient (Wildman–Crippen LogP) is 4.14. The van der Waals surface area contributed by atoms with Crippen LogP contribution in [0.1, 0.15) is 46.6 Å². The zero-order valence-electron chi connectivity index (χ0n) is 18.3. The van der Waals surface area contributed by atoms with Crippen LogP contribution >= 0.6 is 11.3 Å². The number of hydrogen-bond acceptors (Lipinski definition) is 7. The molecule has 0 bridgehead atoms. The molecule has 10 heteroatoms. The summed E-state index contributed by atoms with van der Waals surface area (Å²) in [6.45, 7) is 1.58. The number of hydrogen-bond donors (Lipinski definition) is 3. The molecule has 1 unspecified atom stereocenters. The first kappa shape index (κ1) is 21.9. The molecule has 2 aromatic carbocycles. The molecule has 1 aliphatic carbocycles. The molecule has 0 saturated carbocycles. The van der Waals surface area contributed by atoms with Gasteiger partial charge in [-0.05, 0) is 61.7 Å². The van der Waals surface area contributed by atoms with Gasteiger partial charge in [0.1, 0.15) is 0 Å². The fraction of sp³-hybridized carbons (Fsp3) is 0.250. The van der Waals surface area contributed by atoms with Gasteiger partial charge in [0.2, 0.25) is 18.6 Å². The van der Waals surface area contributed by atoms with Gasteiger partial charge in [0.05, 0.1) is 11.6 Å². The maximum Gasteiger partial charge on any atom is 0.257 e. The average Bonchev–Trinajstić information content (AvgIpc) is 3.45. The van der Waals surface area contributed by atoms with E-state index in [4.69, 9.17) is 9.47 Å². The van der Waals surface area contributed by atoms with Crippen molar-refractivity contribution >= 4 is 45.6 Å². The van der Waals surface area contributed by atoms with Gasteiger partial charge < -0.3 is 20.1 Å². The van der Waals surface area contributed by atoms with E-state index in [2.05, 4.69) is 20.9 Å². The lowest BCUT2D eigenvalue weighted by Crippen LogP contribution is -2.24. The van der Waals surface area contributed by atoms with Gasteiger partial charge in [0.15, 0.2) is 16.6 Å². The Morgan fingerprint density at radius 3 is 2.47 bits per heavy atom. The monoisotopic (exact) mass is 478 g/mol. The van der Waals surface area contributed by atoms with E-state index in [1.165, 1.54) is 18.3 Å². The van der Waals surface area contributed by atoms with Crippen LogP contribution in [0.15, 0.2) is 42.5 Å². The van der Waals surface area contributed by atoms with Gasteiger partial charge in [-0.25, -0.2) is 4.98 Å². The van der Waals surface area contributed by atoms with E-state index in [0.29, 0.717) is 45.7 Å². The molecule has 0 saturated heterocycles. The van der Waals surface area contributed by atoms with E-state index in [0.717, 1.165) is 17.7 Å². The molecule has 3 aromatic rings. The van der Waals surface area contributed by atoms with E-state index in [1.54, 1.807) is 42.5 Å². The molecule has 0 fully saturated rings. The highest BCUT2D eigenvalue weighted by molar-refractivity contribution is 7.16. The Bertz CT molecular complexity index is 1270. The van der Waals surface area contributed by atoms with Gasteiger partial charge in [0, 0.05) is 28.7 Å². The Morgan fingerprint density at radius 1 is 0.971 bits per heavy atom. The van der Waals surface area contributed by atoms with Crippen LogP contribution in [0.4, 0.5) is 16.5 Å². The quantitative estimate of drug-likeness (QED) is 0.507. The summed E-state index contributed by atoms with van der Waals surface area (Å²) in [6, 6.07) is 12.0. The lowest BCUT2D eigenvalue weighted by atomic mass is 9.90. The minimum atomic E-state index is -0.397. The molecule has 1 aromatic heterocycles. The maximum atomic E-state index is 13.0. The van der Waals surface area contributed by atoms with Crippen molar-refractivity contribution in [2.45, 2.75) is 32.1 Å². The molecule has 1 aliphatic heterocycles. The van der Waals surface area contributed by atoms with Crippen molar-refractivity contribution in [2.24, 2.45) is 0 Å². The van der Waals surface area contributed by atoms with Crippen LogP contribution in [-0.4, -0.2) is 29.5 Å². The molecule has 3 N–H and O–H groups in total. The van der Waals surface area contributed by atoms with E-state index in [9.17, 15) is 14.4 Å². The van der Waals surface area contributed by atoms with Crippen LogP contribution in [0.5, 0.6) is 11.5 Å². The number of nitrogens with one attached hydrogen (secondary N) is 3. The van der Waals surface area contributed by atoms with Gasteiger partial charge >= 0.3 is 0 Å². The van der Waals surface area contributed by atoms with Crippen molar-refractivity contribution in [1.29, 1.82) is 0 Å². The van der Waals surface area contributed by atoms with Crippen molar-refractivity contribution < 1.29 is 23.9 Å². The van der Waals surface area contributed by atoms with Crippen LogP contribution < -0.4 is 25.4 Å². The van der Waals surface area contributed by atoms with Crippen LogP contribution in [-0.2, 0) is 16.0 Å². The average molecular weight is 479 g/mol. The fourth-order valence-corrected chi connectivity index (χ4v) is 5.06. The summed E-state index contributed by atoms with van der Waals surface area (Å²) in [5.41, 5.74) is 2.45. The molecule has 2 aliphatic rings. The highest BCUT2D eigenvalue weighted by Gasteiger charge is 2.31. The zero-order valence-corrected chi connectivity index (χ0v) is 19.2. The first-order chi connectivity index (χ1) is 16.5.